The van der Waals surface area contributed by atoms with Gasteiger partial charge in [0.1, 0.15) is 13.9 Å². The Labute approximate surface area is 118 Å². The van der Waals surface area contributed by atoms with E-state index in [-0.39, 0.29) is 5.82 Å². The van der Waals surface area contributed by atoms with Gasteiger partial charge in [0.2, 0.25) is 0 Å². The van der Waals surface area contributed by atoms with Crippen LogP contribution in [0.15, 0.2) is 24.7 Å². The molecule has 2 aromatic heterocycles. The zero-order valence-corrected chi connectivity index (χ0v) is 12.6. The lowest BCUT2D eigenvalue weighted by Crippen LogP contribution is -2.16. The first-order valence-corrected chi connectivity index (χ1v) is 9.62. The zero-order valence-electron chi connectivity index (χ0n) is 11.6. The summed E-state index contributed by atoms with van der Waals surface area (Å²) in [5.74, 6) is 2.84. The Morgan fingerprint density at radius 2 is 1.95 bits per heavy atom. The third kappa shape index (κ3) is 3.62. The van der Waals surface area contributed by atoms with Crippen molar-refractivity contribution >= 4 is 13.9 Å². The van der Waals surface area contributed by atoms with Crippen molar-refractivity contribution in [1.29, 1.82) is 0 Å². The molecule has 0 amide bonds. The van der Waals surface area contributed by atoms with Crippen LogP contribution in [0.5, 0.6) is 0 Å². The van der Waals surface area contributed by atoms with Crippen molar-refractivity contribution in [2.24, 2.45) is 0 Å². The number of anilines is 1. The number of nitrogens with zero attached hydrogens (tertiary/aromatic N) is 3. The standard InChI is InChI=1S/C14H15FN4Si/c1-20(2,3)5-4-12-14(16)18-9-13(19-12)10-6-11(15)8-17-7-10/h6-9H,1-3H3,(H2,16,18). The summed E-state index contributed by atoms with van der Waals surface area (Å²) in [5, 5.41) is 0. The summed E-state index contributed by atoms with van der Waals surface area (Å²) in [6, 6.07) is 1.35. The minimum atomic E-state index is -1.53. The summed E-state index contributed by atoms with van der Waals surface area (Å²) in [6.07, 6.45) is 4.16. The Morgan fingerprint density at radius 3 is 2.60 bits per heavy atom. The van der Waals surface area contributed by atoms with Crippen molar-refractivity contribution in [3.8, 4) is 22.7 Å². The molecular weight excluding hydrogens is 271 g/mol. The molecule has 20 heavy (non-hydrogen) atoms. The molecule has 6 heteroatoms. The highest BCUT2D eigenvalue weighted by Gasteiger charge is 2.10. The molecule has 102 valence electrons. The highest BCUT2D eigenvalue weighted by Crippen LogP contribution is 2.18. The molecule has 0 unspecified atom stereocenters. The van der Waals surface area contributed by atoms with Crippen LogP contribution in [0.1, 0.15) is 5.69 Å². The molecule has 0 aliphatic rings. The van der Waals surface area contributed by atoms with Gasteiger partial charge < -0.3 is 5.73 Å². The van der Waals surface area contributed by atoms with Gasteiger partial charge in [-0.05, 0) is 6.07 Å². The first-order valence-electron chi connectivity index (χ1n) is 6.12. The molecule has 2 aromatic rings. The van der Waals surface area contributed by atoms with Crippen molar-refractivity contribution in [2.75, 3.05) is 5.73 Å². The van der Waals surface area contributed by atoms with Crippen molar-refractivity contribution < 1.29 is 4.39 Å². The fraction of sp³-hybridized carbons (Fsp3) is 0.214. The maximum absolute atomic E-state index is 13.2. The van der Waals surface area contributed by atoms with E-state index in [0.717, 1.165) is 6.20 Å². The number of pyridine rings is 1. The summed E-state index contributed by atoms with van der Waals surface area (Å²) in [4.78, 5) is 12.2. The minimum Gasteiger partial charge on any atom is -0.381 e. The van der Waals surface area contributed by atoms with Gasteiger partial charge in [-0.15, -0.1) is 5.54 Å². The van der Waals surface area contributed by atoms with Gasteiger partial charge in [-0.1, -0.05) is 25.6 Å². The Morgan fingerprint density at radius 1 is 1.20 bits per heavy atom. The van der Waals surface area contributed by atoms with E-state index in [1.165, 1.54) is 18.5 Å². The summed E-state index contributed by atoms with van der Waals surface area (Å²) >= 11 is 0. The first kappa shape index (κ1) is 14.2. The summed E-state index contributed by atoms with van der Waals surface area (Å²) in [5.41, 5.74) is 10.4. The van der Waals surface area contributed by atoms with Crippen molar-refractivity contribution in [3.05, 3.63) is 36.2 Å². The third-order valence-corrected chi connectivity index (χ3v) is 3.23. The topological polar surface area (TPSA) is 64.7 Å². The van der Waals surface area contributed by atoms with E-state index in [1.54, 1.807) is 0 Å². The van der Waals surface area contributed by atoms with Crippen molar-refractivity contribution in [3.63, 3.8) is 0 Å². The van der Waals surface area contributed by atoms with Crippen LogP contribution < -0.4 is 5.73 Å². The second kappa shape index (κ2) is 5.39. The van der Waals surface area contributed by atoms with Crippen LogP contribution in [0, 0.1) is 17.3 Å². The van der Waals surface area contributed by atoms with E-state index in [9.17, 15) is 4.39 Å². The molecule has 4 nitrogen and oxygen atoms in total. The smallest absolute Gasteiger partial charge is 0.158 e. The van der Waals surface area contributed by atoms with E-state index >= 15 is 0 Å². The number of nitrogen functional groups attached to an aromatic ring is 1. The minimum absolute atomic E-state index is 0.281. The third-order valence-electron chi connectivity index (χ3n) is 2.36. The van der Waals surface area contributed by atoms with Gasteiger partial charge in [0, 0.05) is 11.8 Å². The average Bonchev–Trinajstić information content (AvgIpc) is 2.37. The van der Waals surface area contributed by atoms with Gasteiger partial charge >= 0.3 is 0 Å². The Bertz CT molecular complexity index is 698. The molecule has 2 rings (SSSR count). The molecule has 0 atom stereocenters. The molecular formula is C14H15FN4Si. The maximum atomic E-state index is 13.2. The SMILES string of the molecule is C[Si](C)(C)C#Cc1nc(-c2cncc(F)c2)cnc1N. The van der Waals surface area contributed by atoms with Gasteiger partial charge in [0.05, 0.1) is 18.1 Å². The van der Waals surface area contributed by atoms with Gasteiger partial charge in [-0.25, -0.2) is 14.4 Å². The quantitative estimate of drug-likeness (QED) is 0.646. The lowest BCUT2D eigenvalue weighted by Gasteiger charge is -2.05. The summed E-state index contributed by atoms with van der Waals surface area (Å²) < 4.78 is 13.2. The first-order chi connectivity index (χ1) is 9.35. The van der Waals surface area contributed by atoms with Crippen LogP contribution in [-0.2, 0) is 0 Å². The normalized spacial score (nSPS) is 10.8. The van der Waals surface area contributed by atoms with Gasteiger partial charge in [-0.3, -0.25) is 4.98 Å². The molecule has 2 heterocycles. The fourth-order valence-corrected chi connectivity index (χ4v) is 1.92. The summed E-state index contributed by atoms with van der Waals surface area (Å²) in [7, 11) is -1.53. The highest BCUT2D eigenvalue weighted by atomic mass is 28.3. The largest absolute Gasteiger partial charge is 0.381 e. The second-order valence-corrected chi connectivity index (χ2v) is 10.1. The Hall–Kier alpha value is -2.26. The van der Waals surface area contributed by atoms with Crippen molar-refractivity contribution in [1.82, 2.24) is 15.0 Å². The number of hydrogen-bond donors (Lipinski definition) is 1. The summed E-state index contributed by atoms with van der Waals surface area (Å²) in [6.45, 7) is 6.39. The molecule has 0 radical (unpaired) electrons. The molecule has 0 spiro atoms. The van der Waals surface area contributed by atoms with Crippen LogP contribution in [0.4, 0.5) is 10.2 Å². The maximum Gasteiger partial charge on any atom is 0.158 e. The Kier molecular flexibility index (Phi) is 3.81. The Balaban J connectivity index is 2.45. The fourth-order valence-electron chi connectivity index (χ4n) is 1.43. The van der Waals surface area contributed by atoms with Crippen LogP contribution >= 0.6 is 0 Å². The average molecular weight is 286 g/mol. The molecule has 0 saturated carbocycles. The van der Waals surface area contributed by atoms with Gasteiger partial charge in [-0.2, -0.15) is 0 Å². The van der Waals surface area contributed by atoms with Crippen LogP contribution in [0.3, 0.4) is 0 Å². The molecule has 2 N–H and O–H groups in total. The van der Waals surface area contributed by atoms with E-state index in [1.807, 2.05) is 0 Å². The predicted molar refractivity (Wildman–Crippen MR) is 79.9 cm³/mol. The lowest BCUT2D eigenvalue weighted by molar-refractivity contribution is 0.622. The van der Waals surface area contributed by atoms with E-state index in [2.05, 4.69) is 46.1 Å². The number of nitrogens with two attached hydrogens (primary N) is 1. The number of hydrogen-bond acceptors (Lipinski definition) is 4. The molecule has 0 aromatic carbocycles. The van der Waals surface area contributed by atoms with Crippen LogP contribution in [-0.4, -0.2) is 23.0 Å². The molecule has 0 aliphatic carbocycles. The van der Waals surface area contributed by atoms with Gasteiger partial charge in [0.25, 0.3) is 0 Å². The number of halogens is 1. The molecule has 0 fully saturated rings. The monoisotopic (exact) mass is 286 g/mol. The molecule has 0 saturated heterocycles. The van der Waals surface area contributed by atoms with Gasteiger partial charge in [0.15, 0.2) is 11.5 Å². The second-order valence-electron chi connectivity index (χ2n) is 5.38. The number of rotatable bonds is 1. The van der Waals surface area contributed by atoms with Crippen LogP contribution in [0.25, 0.3) is 11.3 Å². The molecule has 0 aliphatic heterocycles. The zero-order chi connectivity index (χ0) is 14.8. The number of aromatic nitrogens is 3. The van der Waals surface area contributed by atoms with E-state index in [4.69, 9.17) is 5.73 Å². The van der Waals surface area contributed by atoms with Crippen LogP contribution in [0.2, 0.25) is 19.6 Å². The van der Waals surface area contributed by atoms with Crippen molar-refractivity contribution in [2.45, 2.75) is 19.6 Å². The highest BCUT2D eigenvalue weighted by molar-refractivity contribution is 6.83. The van der Waals surface area contributed by atoms with E-state index < -0.39 is 13.9 Å². The van der Waals surface area contributed by atoms with E-state index in [0.29, 0.717) is 17.0 Å². The lowest BCUT2D eigenvalue weighted by atomic mass is 10.2. The molecule has 0 bridgehead atoms. The predicted octanol–water partition coefficient (Wildman–Crippen LogP) is 2.49.